The lowest BCUT2D eigenvalue weighted by Crippen LogP contribution is -1.85. The van der Waals surface area contributed by atoms with Gasteiger partial charge < -0.3 is 0 Å². The molecule has 0 aliphatic heterocycles. The van der Waals surface area contributed by atoms with Crippen LogP contribution in [-0.4, -0.2) is 24.2 Å². The lowest BCUT2D eigenvalue weighted by molar-refractivity contribution is 1.13. The Hall–Kier alpha value is -1.73. The molecule has 0 saturated carbocycles. The first-order valence-corrected chi connectivity index (χ1v) is 6.07. The van der Waals surface area contributed by atoms with E-state index in [0.29, 0.717) is 0 Å². The van der Waals surface area contributed by atoms with Crippen molar-refractivity contribution in [2.24, 2.45) is 0 Å². The second-order valence-electron chi connectivity index (χ2n) is 2.96. The molecule has 0 aromatic carbocycles. The van der Waals surface area contributed by atoms with E-state index in [2.05, 4.69) is 24.2 Å². The minimum Gasteiger partial charge on any atom is -0.254 e. The van der Waals surface area contributed by atoms with Crippen LogP contribution in [0, 0.1) is 0 Å². The Morgan fingerprint density at radius 1 is 1.00 bits per heavy atom. The summed E-state index contributed by atoms with van der Waals surface area (Å²) in [6, 6.07) is 5.69. The molecule has 0 N–H and O–H groups in total. The van der Waals surface area contributed by atoms with Gasteiger partial charge in [0, 0.05) is 11.6 Å². The van der Waals surface area contributed by atoms with Gasteiger partial charge in [-0.1, -0.05) is 15.0 Å². The fourth-order valence-corrected chi connectivity index (χ4v) is 2.44. The SMILES string of the molecule is c1ccc(-c2nnsc2-c2csnn2)nc1. The van der Waals surface area contributed by atoms with Crippen molar-refractivity contribution in [2.75, 3.05) is 0 Å². The standard InChI is InChI=1S/C9H5N5S2/c1-2-4-10-6(3-1)8-9(16-14-12-8)7-5-15-13-11-7/h1-5H. The van der Waals surface area contributed by atoms with Gasteiger partial charge in [-0.2, -0.15) is 0 Å². The summed E-state index contributed by atoms with van der Waals surface area (Å²) in [7, 11) is 0. The van der Waals surface area contributed by atoms with E-state index in [4.69, 9.17) is 0 Å². The number of hydrogen-bond acceptors (Lipinski definition) is 7. The quantitative estimate of drug-likeness (QED) is 0.694. The van der Waals surface area contributed by atoms with Crippen molar-refractivity contribution >= 4 is 23.1 Å². The molecule has 0 aliphatic rings. The van der Waals surface area contributed by atoms with Crippen LogP contribution in [0.25, 0.3) is 22.0 Å². The molecule has 0 amide bonds. The van der Waals surface area contributed by atoms with Crippen LogP contribution in [-0.2, 0) is 0 Å². The smallest absolute Gasteiger partial charge is 0.133 e. The molecule has 3 rings (SSSR count). The summed E-state index contributed by atoms with van der Waals surface area (Å²) >= 11 is 2.62. The molecule has 0 atom stereocenters. The highest BCUT2D eigenvalue weighted by Gasteiger charge is 2.14. The summed E-state index contributed by atoms with van der Waals surface area (Å²) in [5, 5.41) is 9.98. The average molecular weight is 247 g/mol. The lowest BCUT2D eigenvalue weighted by Gasteiger charge is -1.95. The molecule has 5 nitrogen and oxygen atoms in total. The summed E-state index contributed by atoms with van der Waals surface area (Å²) in [5.41, 5.74) is 2.37. The maximum Gasteiger partial charge on any atom is 0.133 e. The van der Waals surface area contributed by atoms with E-state index in [1.165, 1.54) is 23.1 Å². The highest BCUT2D eigenvalue weighted by Crippen LogP contribution is 2.30. The van der Waals surface area contributed by atoms with E-state index in [1.807, 2.05) is 23.6 Å². The van der Waals surface area contributed by atoms with Gasteiger partial charge in [-0.25, -0.2) is 0 Å². The minimum absolute atomic E-state index is 0.762. The highest BCUT2D eigenvalue weighted by molar-refractivity contribution is 7.10. The van der Waals surface area contributed by atoms with E-state index in [-0.39, 0.29) is 0 Å². The van der Waals surface area contributed by atoms with Crippen molar-refractivity contribution in [3.63, 3.8) is 0 Å². The number of hydrogen-bond donors (Lipinski definition) is 0. The van der Waals surface area contributed by atoms with Gasteiger partial charge in [0.25, 0.3) is 0 Å². The predicted molar refractivity (Wildman–Crippen MR) is 62.0 cm³/mol. The lowest BCUT2D eigenvalue weighted by atomic mass is 10.2. The number of nitrogens with zero attached hydrogens (tertiary/aromatic N) is 5. The van der Waals surface area contributed by atoms with Gasteiger partial charge in [0.15, 0.2) is 0 Å². The average Bonchev–Trinajstić information content (AvgIpc) is 3.01. The van der Waals surface area contributed by atoms with Gasteiger partial charge in [0.05, 0.1) is 5.69 Å². The van der Waals surface area contributed by atoms with Crippen LogP contribution >= 0.6 is 23.1 Å². The van der Waals surface area contributed by atoms with E-state index < -0.39 is 0 Å². The Morgan fingerprint density at radius 2 is 2.00 bits per heavy atom. The predicted octanol–water partition coefficient (Wildman–Crippen LogP) is 2.12. The van der Waals surface area contributed by atoms with Crippen LogP contribution in [0.5, 0.6) is 0 Å². The second-order valence-corrected chi connectivity index (χ2v) is 4.32. The molecule has 16 heavy (non-hydrogen) atoms. The molecule has 3 heterocycles. The Kier molecular flexibility index (Phi) is 2.39. The van der Waals surface area contributed by atoms with Crippen molar-refractivity contribution in [1.82, 2.24) is 24.2 Å². The molecular formula is C9H5N5S2. The van der Waals surface area contributed by atoms with Crippen molar-refractivity contribution in [3.8, 4) is 22.0 Å². The molecule has 0 aliphatic carbocycles. The van der Waals surface area contributed by atoms with Gasteiger partial charge in [-0.15, -0.1) is 10.2 Å². The van der Waals surface area contributed by atoms with Gasteiger partial charge in [0.1, 0.15) is 16.3 Å². The summed E-state index contributed by atoms with van der Waals surface area (Å²) in [5.74, 6) is 0. The van der Waals surface area contributed by atoms with Crippen LogP contribution in [0.2, 0.25) is 0 Å². The van der Waals surface area contributed by atoms with Crippen molar-refractivity contribution < 1.29 is 0 Å². The van der Waals surface area contributed by atoms with E-state index in [0.717, 1.165) is 22.0 Å². The van der Waals surface area contributed by atoms with Crippen molar-refractivity contribution in [1.29, 1.82) is 0 Å². The molecule has 0 bridgehead atoms. The van der Waals surface area contributed by atoms with E-state index in [9.17, 15) is 0 Å². The van der Waals surface area contributed by atoms with E-state index >= 15 is 0 Å². The molecule has 7 heteroatoms. The fraction of sp³-hybridized carbons (Fsp3) is 0. The summed E-state index contributed by atoms with van der Waals surface area (Å²) in [4.78, 5) is 5.16. The molecule has 78 valence electrons. The molecular weight excluding hydrogens is 242 g/mol. The zero-order valence-electron chi connectivity index (χ0n) is 7.94. The van der Waals surface area contributed by atoms with E-state index in [1.54, 1.807) is 6.20 Å². The van der Waals surface area contributed by atoms with Crippen LogP contribution in [0.1, 0.15) is 0 Å². The number of aromatic nitrogens is 5. The first-order chi connectivity index (χ1) is 7.95. The number of pyridine rings is 1. The molecule has 0 saturated heterocycles. The van der Waals surface area contributed by atoms with Gasteiger partial charge in [-0.3, -0.25) is 4.98 Å². The first kappa shape index (κ1) is 9.49. The van der Waals surface area contributed by atoms with Crippen molar-refractivity contribution in [2.45, 2.75) is 0 Å². The molecule has 0 spiro atoms. The molecule has 0 fully saturated rings. The largest absolute Gasteiger partial charge is 0.254 e. The van der Waals surface area contributed by atoms with Crippen LogP contribution in [0.15, 0.2) is 29.8 Å². The topological polar surface area (TPSA) is 64.5 Å². The second kappa shape index (κ2) is 4.03. The Balaban J connectivity index is 2.14. The van der Waals surface area contributed by atoms with Crippen LogP contribution < -0.4 is 0 Å². The Labute approximate surface area is 99.1 Å². The third-order valence-corrected chi connectivity index (χ3v) is 3.24. The highest BCUT2D eigenvalue weighted by atomic mass is 32.1. The van der Waals surface area contributed by atoms with Crippen LogP contribution in [0.4, 0.5) is 0 Å². The van der Waals surface area contributed by atoms with Gasteiger partial charge >= 0.3 is 0 Å². The summed E-state index contributed by atoms with van der Waals surface area (Å²) in [6.07, 6.45) is 1.73. The zero-order valence-corrected chi connectivity index (χ0v) is 9.57. The van der Waals surface area contributed by atoms with Crippen LogP contribution in [0.3, 0.4) is 0 Å². The normalized spacial score (nSPS) is 10.5. The van der Waals surface area contributed by atoms with Crippen molar-refractivity contribution in [3.05, 3.63) is 29.8 Å². The fourth-order valence-electron chi connectivity index (χ4n) is 1.29. The third kappa shape index (κ3) is 1.59. The minimum atomic E-state index is 0.762. The molecule has 3 aromatic rings. The Morgan fingerprint density at radius 3 is 2.75 bits per heavy atom. The number of rotatable bonds is 2. The molecule has 0 unspecified atom stereocenters. The maximum absolute atomic E-state index is 4.25. The molecule has 3 aromatic heterocycles. The first-order valence-electron chi connectivity index (χ1n) is 4.46. The monoisotopic (exact) mass is 247 g/mol. The maximum atomic E-state index is 4.25. The molecule has 0 radical (unpaired) electrons. The Bertz CT molecular complexity index is 575. The summed E-state index contributed by atoms with van der Waals surface area (Å²) < 4.78 is 7.78. The van der Waals surface area contributed by atoms with Gasteiger partial charge in [0.2, 0.25) is 0 Å². The zero-order chi connectivity index (χ0) is 10.8. The third-order valence-electron chi connectivity index (χ3n) is 1.99. The summed E-state index contributed by atoms with van der Waals surface area (Å²) in [6.45, 7) is 0. The van der Waals surface area contributed by atoms with Gasteiger partial charge in [-0.05, 0) is 35.2 Å².